The van der Waals surface area contributed by atoms with E-state index >= 15 is 0 Å². The minimum absolute atomic E-state index is 0.164. The van der Waals surface area contributed by atoms with E-state index in [0.29, 0.717) is 5.92 Å². The minimum Gasteiger partial charge on any atom is -0.395 e. The third-order valence-corrected chi connectivity index (χ3v) is 6.95. The van der Waals surface area contributed by atoms with E-state index in [-0.39, 0.29) is 12.6 Å². The zero-order chi connectivity index (χ0) is 20.2. The van der Waals surface area contributed by atoms with Gasteiger partial charge >= 0.3 is 0 Å². The number of aliphatic hydroxyl groups excluding tert-OH is 1. The Balaban J connectivity index is 1.71. The monoisotopic (exact) mass is 427 g/mol. The highest BCUT2D eigenvalue weighted by Crippen LogP contribution is 2.40. The molecule has 0 saturated carbocycles. The second-order valence-electron chi connectivity index (χ2n) is 7.28. The predicted molar refractivity (Wildman–Crippen MR) is 120 cm³/mol. The van der Waals surface area contributed by atoms with Gasteiger partial charge < -0.3 is 5.11 Å². The number of aromatic amines is 1. The number of thiol groups is 1. The molecular weight excluding hydrogens is 402 g/mol. The maximum absolute atomic E-state index is 9.51. The van der Waals surface area contributed by atoms with Crippen molar-refractivity contribution in [3.63, 3.8) is 0 Å². The maximum atomic E-state index is 9.51. The Morgan fingerprint density at radius 3 is 2.83 bits per heavy atom. The van der Waals surface area contributed by atoms with Crippen LogP contribution in [0.15, 0.2) is 47.8 Å². The molecule has 0 bridgehead atoms. The third kappa shape index (κ3) is 4.50. The van der Waals surface area contributed by atoms with Gasteiger partial charge in [-0.2, -0.15) is 5.10 Å². The molecule has 4 rings (SSSR count). The van der Waals surface area contributed by atoms with Crippen LogP contribution in [0.2, 0.25) is 0 Å². The number of nitrogens with one attached hydrogen (secondary N) is 1. The molecule has 3 aromatic rings. The van der Waals surface area contributed by atoms with Gasteiger partial charge in [0.05, 0.1) is 12.3 Å². The molecule has 0 spiro atoms. The van der Waals surface area contributed by atoms with E-state index < -0.39 is 0 Å². The Hall–Kier alpha value is -1.87. The van der Waals surface area contributed by atoms with Gasteiger partial charge in [-0.1, -0.05) is 24.1 Å². The molecule has 3 heterocycles. The van der Waals surface area contributed by atoms with Crippen LogP contribution in [0.4, 0.5) is 0 Å². The molecule has 1 aromatic carbocycles. The van der Waals surface area contributed by atoms with Gasteiger partial charge in [-0.3, -0.25) is 5.10 Å². The van der Waals surface area contributed by atoms with Crippen LogP contribution in [0.25, 0.3) is 22.5 Å². The van der Waals surface area contributed by atoms with Crippen LogP contribution in [0.1, 0.15) is 31.4 Å². The number of H-pyrrole nitrogens is 1. The standard InChI is InChI=1S/C21H25N5OS2/c1-14(12-27)26-10-7-16(8-11-29-26)21-19(18-6-9-22-13-23-18)20(24-25-21)15-2-4-17(28)5-3-15/h2-6,9,13-14,16,27-28H,7-8,10-12H2,1H3,(H,24,25). The molecule has 152 valence electrons. The molecule has 1 fully saturated rings. The first-order valence-corrected chi connectivity index (χ1v) is 11.2. The molecule has 6 nitrogen and oxygen atoms in total. The van der Waals surface area contributed by atoms with Gasteiger partial charge in [-0.05, 0) is 38.0 Å². The lowest BCUT2D eigenvalue weighted by molar-refractivity contribution is 0.206. The van der Waals surface area contributed by atoms with E-state index in [1.807, 2.05) is 42.3 Å². The molecule has 1 aliphatic rings. The molecule has 0 radical (unpaired) electrons. The molecule has 0 aliphatic carbocycles. The molecule has 1 saturated heterocycles. The summed E-state index contributed by atoms with van der Waals surface area (Å²) in [4.78, 5) is 9.53. The van der Waals surface area contributed by atoms with Crippen LogP contribution in [0.5, 0.6) is 0 Å². The zero-order valence-corrected chi connectivity index (χ0v) is 18.0. The zero-order valence-electron chi connectivity index (χ0n) is 16.3. The largest absolute Gasteiger partial charge is 0.395 e. The summed E-state index contributed by atoms with van der Waals surface area (Å²) in [5, 5.41) is 17.5. The average Bonchev–Trinajstić information content (AvgIpc) is 3.05. The first kappa shape index (κ1) is 20.4. The Kier molecular flexibility index (Phi) is 6.54. The molecule has 2 N–H and O–H groups in total. The summed E-state index contributed by atoms with van der Waals surface area (Å²) < 4.78 is 2.30. The summed E-state index contributed by atoms with van der Waals surface area (Å²) in [5.74, 6) is 1.37. The van der Waals surface area contributed by atoms with E-state index in [0.717, 1.165) is 58.2 Å². The third-order valence-electron chi connectivity index (χ3n) is 5.36. The van der Waals surface area contributed by atoms with E-state index in [4.69, 9.17) is 5.10 Å². The summed E-state index contributed by atoms with van der Waals surface area (Å²) in [5.41, 5.74) is 5.01. The SMILES string of the molecule is CC(CO)N1CCC(c2[nH]nc(-c3ccc(S)cc3)c2-c2ccncn2)CCS1. The van der Waals surface area contributed by atoms with Gasteiger partial charge in [0.25, 0.3) is 0 Å². The van der Waals surface area contributed by atoms with Crippen molar-refractivity contribution < 1.29 is 5.11 Å². The summed E-state index contributed by atoms with van der Waals surface area (Å²) in [6.45, 7) is 3.18. The second kappa shape index (κ2) is 9.30. The highest BCUT2D eigenvalue weighted by molar-refractivity contribution is 7.97. The average molecular weight is 428 g/mol. The van der Waals surface area contributed by atoms with Crippen LogP contribution >= 0.6 is 24.6 Å². The molecule has 2 atom stereocenters. The van der Waals surface area contributed by atoms with Crippen molar-refractivity contribution in [2.24, 2.45) is 0 Å². The van der Waals surface area contributed by atoms with Crippen LogP contribution < -0.4 is 0 Å². The highest BCUT2D eigenvalue weighted by Gasteiger charge is 2.27. The van der Waals surface area contributed by atoms with Gasteiger partial charge in [0.15, 0.2) is 0 Å². The van der Waals surface area contributed by atoms with E-state index in [1.165, 1.54) is 0 Å². The topological polar surface area (TPSA) is 77.9 Å². The van der Waals surface area contributed by atoms with Crippen LogP contribution in [0, 0.1) is 0 Å². The van der Waals surface area contributed by atoms with Crippen molar-refractivity contribution >= 4 is 24.6 Å². The van der Waals surface area contributed by atoms with E-state index in [9.17, 15) is 5.11 Å². The molecule has 1 aliphatic heterocycles. The van der Waals surface area contributed by atoms with Gasteiger partial charge in [-0.15, -0.1) is 12.6 Å². The van der Waals surface area contributed by atoms with Crippen molar-refractivity contribution in [1.29, 1.82) is 0 Å². The molecule has 0 amide bonds. The first-order chi connectivity index (χ1) is 14.2. The Morgan fingerprint density at radius 1 is 1.28 bits per heavy atom. The number of benzene rings is 1. The highest BCUT2D eigenvalue weighted by atomic mass is 32.2. The summed E-state index contributed by atoms with van der Waals surface area (Å²) in [6.07, 6.45) is 5.41. The van der Waals surface area contributed by atoms with Crippen LogP contribution in [-0.4, -0.2) is 54.5 Å². The van der Waals surface area contributed by atoms with Gasteiger partial charge in [0, 0.05) is 52.2 Å². The van der Waals surface area contributed by atoms with Crippen molar-refractivity contribution in [2.45, 2.75) is 36.6 Å². The fraction of sp³-hybridized carbons (Fsp3) is 0.381. The molecule has 2 unspecified atom stereocenters. The summed E-state index contributed by atoms with van der Waals surface area (Å²) in [6, 6.07) is 10.1. The fourth-order valence-corrected chi connectivity index (χ4v) is 5.04. The molecule has 29 heavy (non-hydrogen) atoms. The van der Waals surface area contributed by atoms with Crippen molar-refractivity contribution in [3.8, 4) is 22.5 Å². The lowest BCUT2D eigenvalue weighted by atomic mass is 9.91. The quantitative estimate of drug-likeness (QED) is 0.422. The minimum atomic E-state index is 0.164. The molecule has 2 aromatic heterocycles. The number of hydrogen-bond acceptors (Lipinski definition) is 7. The van der Waals surface area contributed by atoms with Crippen LogP contribution in [0.3, 0.4) is 0 Å². The van der Waals surface area contributed by atoms with E-state index in [2.05, 4.69) is 38.9 Å². The van der Waals surface area contributed by atoms with Gasteiger partial charge in [0.1, 0.15) is 12.0 Å². The van der Waals surface area contributed by atoms with Gasteiger partial charge in [0.2, 0.25) is 0 Å². The molecule has 8 heteroatoms. The Morgan fingerprint density at radius 2 is 2.10 bits per heavy atom. The van der Waals surface area contributed by atoms with Crippen molar-refractivity contribution in [1.82, 2.24) is 24.5 Å². The first-order valence-electron chi connectivity index (χ1n) is 9.82. The number of hydrogen-bond donors (Lipinski definition) is 3. The lowest BCUT2D eigenvalue weighted by Crippen LogP contribution is -2.30. The smallest absolute Gasteiger partial charge is 0.116 e. The second-order valence-corrected chi connectivity index (χ2v) is 8.93. The summed E-state index contributed by atoms with van der Waals surface area (Å²) in [7, 11) is 0. The number of rotatable bonds is 5. The Labute approximate surface area is 180 Å². The maximum Gasteiger partial charge on any atom is 0.116 e. The van der Waals surface area contributed by atoms with Gasteiger partial charge in [-0.25, -0.2) is 14.3 Å². The number of aromatic nitrogens is 4. The van der Waals surface area contributed by atoms with Crippen LogP contribution in [-0.2, 0) is 0 Å². The predicted octanol–water partition coefficient (Wildman–Crippen LogP) is 4.03. The lowest BCUT2D eigenvalue weighted by Gasteiger charge is -2.24. The van der Waals surface area contributed by atoms with E-state index in [1.54, 1.807) is 12.5 Å². The normalized spacial score (nSPS) is 19.1. The fourth-order valence-electron chi connectivity index (χ4n) is 3.71. The summed E-state index contributed by atoms with van der Waals surface area (Å²) >= 11 is 6.23. The van der Waals surface area contributed by atoms with Crippen molar-refractivity contribution in [3.05, 3.63) is 48.5 Å². The molecular formula is C21H25N5OS2. The van der Waals surface area contributed by atoms with Crippen molar-refractivity contribution in [2.75, 3.05) is 18.9 Å². The Bertz CT molecular complexity index is 932. The number of nitrogens with zero attached hydrogens (tertiary/aromatic N) is 4. The number of aliphatic hydroxyl groups is 1.